The quantitative estimate of drug-likeness (QED) is 0.467. The van der Waals surface area contributed by atoms with Crippen molar-refractivity contribution in [2.75, 3.05) is 0 Å². The molecule has 0 N–H and O–H groups in total. The topological polar surface area (TPSA) is 60.4 Å². The smallest absolute Gasteiger partial charge is 0.548 e. The molecule has 6 heteroatoms. The molecule has 106 valence electrons. The third-order valence-corrected chi connectivity index (χ3v) is 5.96. The summed E-state index contributed by atoms with van der Waals surface area (Å²) in [7, 11) is 0. The van der Waals surface area contributed by atoms with E-state index in [1.165, 1.54) is 4.90 Å². The van der Waals surface area contributed by atoms with Gasteiger partial charge >= 0.3 is 51.4 Å². The molecule has 2 atom stereocenters. The molecule has 0 radical (unpaired) electrons. The van der Waals surface area contributed by atoms with Gasteiger partial charge in [-0.05, 0) is 19.4 Å². The number of carbonyl (C=O) groups is 2. The van der Waals surface area contributed by atoms with Crippen molar-refractivity contribution in [2.45, 2.75) is 42.3 Å². The minimum absolute atomic E-state index is 0. The molecule has 0 aliphatic carbocycles. The number of carboxylic acids is 1. The van der Waals surface area contributed by atoms with E-state index in [4.69, 9.17) is 0 Å². The normalized spacial score (nSPS) is 29.3. The minimum Gasteiger partial charge on any atom is -0.548 e. The Balaban J connectivity index is 0.00000161. The summed E-state index contributed by atoms with van der Waals surface area (Å²) in [6.07, 6.45) is 0.719. The van der Waals surface area contributed by atoms with Crippen molar-refractivity contribution in [1.29, 1.82) is 0 Å². The molecule has 0 bridgehead atoms. The number of nitrogens with zero attached hydrogens (tertiary/aromatic N) is 1. The van der Waals surface area contributed by atoms with Crippen LogP contribution in [0.4, 0.5) is 0 Å². The molecule has 3 rings (SSSR count). The minimum atomic E-state index is -1.26. The second-order valence-corrected chi connectivity index (χ2v) is 7.66. The molecule has 1 amide bonds. The van der Waals surface area contributed by atoms with Crippen LogP contribution >= 0.6 is 11.8 Å². The number of carbonyl (C=O) groups excluding carboxylic acids is 2. The van der Waals surface area contributed by atoms with Crippen LogP contribution in [0.2, 0.25) is 0 Å². The summed E-state index contributed by atoms with van der Waals surface area (Å²) in [5.41, 5.74) is -0.357. The molecule has 2 saturated heterocycles. The summed E-state index contributed by atoms with van der Waals surface area (Å²) in [5.74, 6) is -1.25. The van der Waals surface area contributed by atoms with Crippen molar-refractivity contribution in [2.24, 2.45) is 0 Å². The standard InChI is InChI=1S/C15H17NO3S.K/c1-14(2)15(13(18)19,9-10-6-4-3-5-7-10)16-11(17)8-12(16)20-14;/h3-7,12H,8-9H2,1-2H3,(H,18,19);/q;+1/p-1/t12-,15+;/m1./s1. The molecule has 1 aromatic carbocycles. The van der Waals surface area contributed by atoms with E-state index in [0.717, 1.165) is 5.56 Å². The first kappa shape index (κ1) is 17.5. The van der Waals surface area contributed by atoms with Crippen LogP contribution in [0.1, 0.15) is 25.8 Å². The SMILES string of the molecule is CC1(C)S[C@@H]2CC(=O)N2[C@@]1(Cc1ccccc1)C(=O)[O-].[K+]. The molecule has 1 aromatic rings. The van der Waals surface area contributed by atoms with Crippen molar-refractivity contribution in [3.8, 4) is 0 Å². The Bertz CT molecular complexity index is 578. The van der Waals surface area contributed by atoms with Gasteiger partial charge in [0, 0.05) is 11.2 Å². The molecule has 0 unspecified atom stereocenters. The maximum Gasteiger partial charge on any atom is 1.00 e. The van der Waals surface area contributed by atoms with E-state index in [1.54, 1.807) is 11.8 Å². The van der Waals surface area contributed by atoms with E-state index in [0.29, 0.717) is 12.8 Å². The van der Waals surface area contributed by atoms with Crippen molar-refractivity contribution in [3.05, 3.63) is 35.9 Å². The second kappa shape index (κ2) is 5.98. The summed E-state index contributed by atoms with van der Waals surface area (Å²) in [6, 6.07) is 9.43. The zero-order valence-electron chi connectivity index (χ0n) is 12.5. The number of hydrogen-bond donors (Lipinski definition) is 0. The largest absolute Gasteiger partial charge is 1.00 e. The molecule has 0 spiro atoms. The van der Waals surface area contributed by atoms with Gasteiger partial charge < -0.3 is 14.8 Å². The van der Waals surface area contributed by atoms with Crippen LogP contribution in [0.15, 0.2) is 30.3 Å². The number of hydrogen-bond acceptors (Lipinski definition) is 4. The number of thioether (sulfide) groups is 1. The first-order chi connectivity index (χ1) is 9.38. The number of β-lactam (4-membered cyclic amide) rings is 1. The van der Waals surface area contributed by atoms with Gasteiger partial charge in [-0.2, -0.15) is 0 Å². The van der Waals surface area contributed by atoms with Gasteiger partial charge in [0.1, 0.15) is 5.54 Å². The third kappa shape index (κ3) is 2.54. The first-order valence-corrected chi connectivity index (χ1v) is 7.52. The van der Waals surface area contributed by atoms with Gasteiger partial charge in [-0.25, -0.2) is 0 Å². The van der Waals surface area contributed by atoms with Crippen molar-refractivity contribution in [3.63, 3.8) is 0 Å². The Morgan fingerprint density at radius 3 is 2.52 bits per heavy atom. The predicted octanol–water partition coefficient (Wildman–Crippen LogP) is -2.19. The molecule has 4 nitrogen and oxygen atoms in total. The maximum atomic E-state index is 12.0. The second-order valence-electron chi connectivity index (χ2n) is 5.86. The molecule has 2 fully saturated rings. The van der Waals surface area contributed by atoms with E-state index < -0.39 is 16.3 Å². The van der Waals surface area contributed by atoms with E-state index in [1.807, 2.05) is 44.2 Å². The van der Waals surface area contributed by atoms with Crippen LogP contribution in [0, 0.1) is 0 Å². The van der Waals surface area contributed by atoms with Gasteiger partial charge in [-0.15, -0.1) is 11.8 Å². The fourth-order valence-electron chi connectivity index (χ4n) is 3.27. The number of carboxylic acid groups (broad SMARTS) is 1. The summed E-state index contributed by atoms with van der Waals surface area (Å²) in [4.78, 5) is 25.4. The average molecular weight is 329 g/mol. The van der Waals surface area contributed by atoms with Crippen LogP contribution in [0.3, 0.4) is 0 Å². The molecule has 0 saturated carbocycles. The van der Waals surface area contributed by atoms with Crippen LogP contribution in [0.5, 0.6) is 0 Å². The molecule has 2 heterocycles. The zero-order valence-corrected chi connectivity index (χ0v) is 16.4. The summed E-state index contributed by atoms with van der Waals surface area (Å²) in [5, 5.41) is 11.9. The fourth-order valence-corrected chi connectivity index (χ4v) is 5.03. The van der Waals surface area contributed by atoms with E-state index >= 15 is 0 Å². The van der Waals surface area contributed by atoms with Gasteiger partial charge in [0.05, 0.1) is 17.8 Å². The zero-order chi connectivity index (χ0) is 14.5. The average Bonchev–Trinajstić information content (AvgIpc) is 2.55. The Hall–Kier alpha value is 0.146. The summed E-state index contributed by atoms with van der Waals surface area (Å²) < 4.78 is -0.571. The molecular formula is C15H16KNO3S. The number of amides is 1. The number of rotatable bonds is 3. The molecule has 21 heavy (non-hydrogen) atoms. The van der Waals surface area contributed by atoms with Crippen LogP contribution in [0.25, 0.3) is 0 Å². The molecule has 2 aliphatic heterocycles. The fraction of sp³-hybridized carbons (Fsp3) is 0.467. The van der Waals surface area contributed by atoms with Crippen molar-refractivity contribution >= 4 is 23.6 Å². The monoisotopic (exact) mass is 329 g/mol. The van der Waals surface area contributed by atoms with Gasteiger partial charge in [0.25, 0.3) is 0 Å². The van der Waals surface area contributed by atoms with Gasteiger partial charge in [-0.3, -0.25) is 4.79 Å². The van der Waals surface area contributed by atoms with Gasteiger partial charge in [0.15, 0.2) is 0 Å². The summed E-state index contributed by atoms with van der Waals surface area (Å²) in [6.45, 7) is 3.78. The van der Waals surface area contributed by atoms with E-state index in [2.05, 4.69) is 0 Å². The van der Waals surface area contributed by atoms with E-state index in [-0.39, 0.29) is 62.7 Å². The van der Waals surface area contributed by atoms with Crippen molar-refractivity contribution in [1.82, 2.24) is 4.90 Å². The number of aliphatic carboxylic acids is 1. The Morgan fingerprint density at radius 1 is 1.38 bits per heavy atom. The summed E-state index contributed by atoms with van der Waals surface area (Å²) >= 11 is 1.56. The van der Waals surface area contributed by atoms with Crippen LogP contribution in [-0.2, 0) is 16.0 Å². The van der Waals surface area contributed by atoms with Crippen LogP contribution < -0.4 is 56.5 Å². The molecular weight excluding hydrogens is 313 g/mol. The maximum absolute atomic E-state index is 12.0. The number of benzene rings is 1. The predicted molar refractivity (Wildman–Crippen MR) is 74.8 cm³/mol. The van der Waals surface area contributed by atoms with E-state index in [9.17, 15) is 14.7 Å². The molecule has 2 aliphatic rings. The Kier molecular flexibility index (Phi) is 4.98. The first-order valence-electron chi connectivity index (χ1n) is 6.64. The number of fused-ring (bicyclic) bond motifs is 1. The Labute approximate surface area is 171 Å². The van der Waals surface area contributed by atoms with Gasteiger partial charge in [0.2, 0.25) is 5.91 Å². The van der Waals surface area contributed by atoms with Gasteiger partial charge in [-0.1, -0.05) is 30.3 Å². The van der Waals surface area contributed by atoms with Crippen LogP contribution in [-0.4, -0.2) is 32.4 Å². The third-order valence-electron chi connectivity index (χ3n) is 4.38. The Morgan fingerprint density at radius 2 is 2.00 bits per heavy atom. The molecule has 0 aromatic heterocycles. The van der Waals surface area contributed by atoms with Crippen molar-refractivity contribution < 1.29 is 66.1 Å².